The van der Waals surface area contributed by atoms with Crippen LogP contribution in [-0.4, -0.2) is 35.5 Å². The van der Waals surface area contributed by atoms with E-state index in [1.807, 2.05) is 0 Å². The van der Waals surface area contributed by atoms with Gasteiger partial charge in [0.25, 0.3) is 5.91 Å². The molecule has 0 aliphatic rings. The molecule has 122 valence electrons. The molecule has 1 heterocycles. The number of alkyl halides is 2. The average molecular weight is 341 g/mol. The second kappa shape index (κ2) is 7.19. The number of amides is 1. The topological polar surface area (TPSA) is 66.8 Å². The number of halogens is 2. The lowest BCUT2D eigenvalue weighted by atomic mass is 10.1. The second-order valence-corrected chi connectivity index (χ2v) is 5.57. The van der Waals surface area contributed by atoms with E-state index in [-0.39, 0.29) is 22.7 Å². The van der Waals surface area contributed by atoms with E-state index in [0.717, 1.165) is 16.9 Å². The zero-order valence-electron chi connectivity index (χ0n) is 12.0. The summed E-state index contributed by atoms with van der Waals surface area (Å²) in [6.45, 7) is -2.78. The highest BCUT2D eigenvalue weighted by molar-refractivity contribution is 7.12. The van der Waals surface area contributed by atoms with E-state index < -0.39 is 18.5 Å². The quantitative estimate of drug-likeness (QED) is 0.875. The minimum atomic E-state index is -3.00. The molecule has 0 bridgehead atoms. The molecule has 23 heavy (non-hydrogen) atoms. The number of carboxylic acids is 1. The first-order valence-electron chi connectivity index (χ1n) is 6.48. The van der Waals surface area contributed by atoms with Gasteiger partial charge in [-0.05, 0) is 29.1 Å². The summed E-state index contributed by atoms with van der Waals surface area (Å²) in [5.74, 6) is -1.63. The van der Waals surface area contributed by atoms with Crippen LogP contribution in [0.25, 0.3) is 0 Å². The molecule has 1 N–H and O–H groups in total. The molecule has 2 rings (SSSR count). The van der Waals surface area contributed by atoms with Crippen molar-refractivity contribution in [2.75, 3.05) is 7.05 Å². The molecule has 0 radical (unpaired) electrons. The Kier molecular flexibility index (Phi) is 5.28. The molecule has 0 saturated carbocycles. The second-order valence-electron chi connectivity index (χ2n) is 4.66. The van der Waals surface area contributed by atoms with E-state index >= 15 is 0 Å². The number of rotatable bonds is 6. The summed E-state index contributed by atoms with van der Waals surface area (Å²) in [7, 11) is 1.53. The van der Waals surface area contributed by atoms with Crippen LogP contribution in [0.4, 0.5) is 8.78 Å². The highest BCUT2D eigenvalue weighted by Crippen LogP contribution is 2.28. The van der Waals surface area contributed by atoms with Gasteiger partial charge in [0.1, 0.15) is 10.6 Å². The van der Waals surface area contributed by atoms with E-state index in [4.69, 9.17) is 5.11 Å². The molecule has 0 fully saturated rings. The van der Waals surface area contributed by atoms with E-state index in [1.54, 1.807) is 12.1 Å². The summed E-state index contributed by atoms with van der Waals surface area (Å²) in [6.07, 6.45) is 0. The van der Waals surface area contributed by atoms with Crippen molar-refractivity contribution >= 4 is 23.2 Å². The molecule has 5 nitrogen and oxygen atoms in total. The zero-order valence-corrected chi connectivity index (χ0v) is 12.8. The van der Waals surface area contributed by atoms with Crippen LogP contribution in [0.3, 0.4) is 0 Å². The smallest absolute Gasteiger partial charge is 0.387 e. The highest BCUT2D eigenvalue weighted by atomic mass is 32.1. The van der Waals surface area contributed by atoms with Gasteiger partial charge in [-0.2, -0.15) is 8.78 Å². The van der Waals surface area contributed by atoms with Crippen molar-refractivity contribution in [2.24, 2.45) is 0 Å². The fourth-order valence-corrected chi connectivity index (χ4v) is 2.73. The van der Waals surface area contributed by atoms with Gasteiger partial charge in [0.05, 0.1) is 5.56 Å². The third-order valence-corrected chi connectivity index (χ3v) is 3.89. The Morgan fingerprint density at radius 3 is 2.48 bits per heavy atom. The van der Waals surface area contributed by atoms with Crippen molar-refractivity contribution in [1.29, 1.82) is 0 Å². The van der Waals surface area contributed by atoms with Crippen molar-refractivity contribution in [3.05, 3.63) is 51.7 Å². The lowest BCUT2D eigenvalue weighted by molar-refractivity contribution is -0.0499. The SMILES string of the molecule is CN(Cc1ccc(C(=O)O)cc1)C(=O)c1sccc1OC(F)F. The van der Waals surface area contributed by atoms with E-state index in [1.165, 1.54) is 35.5 Å². The fourth-order valence-electron chi connectivity index (χ4n) is 1.91. The van der Waals surface area contributed by atoms with Crippen molar-refractivity contribution in [2.45, 2.75) is 13.2 Å². The standard InChI is InChI=1S/C15H13F2NO4S/c1-18(8-9-2-4-10(5-3-9)14(20)21)13(19)12-11(6-7-23-12)22-15(16)17/h2-7,15H,8H2,1H3,(H,20,21). The summed E-state index contributed by atoms with van der Waals surface area (Å²) in [5.41, 5.74) is 0.868. The van der Waals surface area contributed by atoms with Gasteiger partial charge >= 0.3 is 12.6 Å². The van der Waals surface area contributed by atoms with Gasteiger partial charge in [-0.15, -0.1) is 11.3 Å². The molecule has 0 unspecified atom stereocenters. The van der Waals surface area contributed by atoms with E-state index in [9.17, 15) is 18.4 Å². The van der Waals surface area contributed by atoms with Gasteiger partial charge < -0.3 is 14.7 Å². The number of carboxylic acid groups (broad SMARTS) is 1. The van der Waals surface area contributed by atoms with Gasteiger partial charge in [-0.3, -0.25) is 4.79 Å². The molecule has 1 aromatic heterocycles. The van der Waals surface area contributed by atoms with Gasteiger partial charge in [-0.1, -0.05) is 12.1 Å². The Morgan fingerprint density at radius 2 is 1.91 bits per heavy atom. The largest absolute Gasteiger partial charge is 0.478 e. The number of ether oxygens (including phenoxy) is 1. The molecule has 1 amide bonds. The van der Waals surface area contributed by atoms with Gasteiger partial charge in [0.2, 0.25) is 0 Å². The third kappa shape index (κ3) is 4.26. The average Bonchev–Trinajstić information content (AvgIpc) is 2.94. The first-order chi connectivity index (χ1) is 10.9. The normalized spacial score (nSPS) is 10.6. The molecule has 0 aliphatic carbocycles. The first kappa shape index (κ1) is 16.9. The predicted octanol–water partition coefficient (Wildman–Crippen LogP) is 3.32. The Hall–Kier alpha value is -2.48. The van der Waals surface area contributed by atoms with Crippen LogP contribution in [0.2, 0.25) is 0 Å². The van der Waals surface area contributed by atoms with Gasteiger partial charge in [-0.25, -0.2) is 4.79 Å². The maximum atomic E-state index is 12.3. The third-order valence-electron chi connectivity index (χ3n) is 3.01. The molecule has 0 saturated heterocycles. The lowest BCUT2D eigenvalue weighted by Crippen LogP contribution is -2.26. The molecule has 0 atom stereocenters. The number of aromatic carboxylic acids is 1. The summed E-state index contributed by atoms with van der Waals surface area (Å²) >= 11 is 1.02. The number of thiophene rings is 1. The van der Waals surface area contributed by atoms with Crippen LogP contribution < -0.4 is 4.74 Å². The number of carbonyl (C=O) groups excluding carboxylic acids is 1. The Labute approximate surface area is 134 Å². The molecular formula is C15H13F2NO4S. The van der Waals surface area contributed by atoms with Crippen LogP contribution in [0.15, 0.2) is 35.7 Å². The number of hydrogen-bond donors (Lipinski definition) is 1. The summed E-state index contributed by atoms with van der Waals surface area (Å²) in [6, 6.07) is 7.38. The molecule has 0 spiro atoms. The number of carbonyl (C=O) groups is 2. The summed E-state index contributed by atoms with van der Waals surface area (Å²) in [5, 5.41) is 10.3. The maximum Gasteiger partial charge on any atom is 0.387 e. The van der Waals surface area contributed by atoms with Crippen LogP contribution in [0, 0.1) is 0 Å². The summed E-state index contributed by atoms with van der Waals surface area (Å²) in [4.78, 5) is 24.5. The number of benzene rings is 1. The van der Waals surface area contributed by atoms with Gasteiger partial charge in [0, 0.05) is 13.6 Å². The van der Waals surface area contributed by atoms with Crippen molar-refractivity contribution < 1.29 is 28.2 Å². The van der Waals surface area contributed by atoms with Crippen LogP contribution in [-0.2, 0) is 6.54 Å². The number of nitrogens with zero attached hydrogens (tertiary/aromatic N) is 1. The van der Waals surface area contributed by atoms with Crippen LogP contribution in [0.1, 0.15) is 25.6 Å². The predicted molar refractivity (Wildman–Crippen MR) is 80.1 cm³/mol. The van der Waals surface area contributed by atoms with E-state index in [0.29, 0.717) is 0 Å². The molecule has 2 aromatic rings. The monoisotopic (exact) mass is 341 g/mol. The highest BCUT2D eigenvalue weighted by Gasteiger charge is 2.20. The van der Waals surface area contributed by atoms with Crippen LogP contribution >= 0.6 is 11.3 Å². The Morgan fingerprint density at radius 1 is 1.26 bits per heavy atom. The summed E-state index contributed by atoms with van der Waals surface area (Å²) < 4.78 is 28.9. The first-order valence-corrected chi connectivity index (χ1v) is 7.36. The zero-order chi connectivity index (χ0) is 17.0. The van der Waals surface area contributed by atoms with Crippen molar-refractivity contribution in [3.63, 3.8) is 0 Å². The molecule has 8 heteroatoms. The fraction of sp³-hybridized carbons (Fsp3) is 0.200. The van der Waals surface area contributed by atoms with Crippen molar-refractivity contribution in [3.8, 4) is 5.75 Å². The minimum absolute atomic E-state index is 0.0926. The maximum absolute atomic E-state index is 12.3. The molecular weight excluding hydrogens is 328 g/mol. The van der Waals surface area contributed by atoms with Gasteiger partial charge in [0.15, 0.2) is 0 Å². The molecule has 0 aliphatic heterocycles. The number of hydrogen-bond acceptors (Lipinski definition) is 4. The molecule has 1 aromatic carbocycles. The minimum Gasteiger partial charge on any atom is -0.478 e. The van der Waals surface area contributed by atoms with Crippen molar-refractivity contribution in [1.82, 2.24) is 4.90 Å². The Balaban J connectivity index is 2.08. The lowest BCUT2D eigenvalue weighted by Gasteiger charge is -2.17. The Bertz CT molecular complexity index is 700. The van der Waals surface area contributed by atoms with E-state index in [2.05, 4.69) is 4.74 Å². The van der Waals surface area contributed by atoms with Crippen LogP contribution in [0.5, 0.6) is 5.75 Å².